The molecule has 0 saturated heterocycles. The lowest BCUT2D eigenvalue weighted by molar-refractivity contribution is 0.0947. The molecule has 0 fully saturated rings. The lowest BCUT2D eigenvalue weighted by Crippen LogP contribution is -2.03. The van der Waals surface area contributed by atoms with Crippen molar-refractivity contribution in [2.75, 3.05) is 0 Å². The Balaban J connectivity index is 0.000000119. The quantitative estimate of drug-likeness (QED) is 0.139. The number of carbonyl (C=O) groups excluding carboxylic acids is 1. The molecule has 0 heterocycles. The van der Waals surface area contributed by atoms with Gasteiger partial charge in [-0.25, -0.2) is 0 Å². The van der Waals surface area contributed by atoms with E-state index in [1.54, 1.807) is 0 Å². The normalized spacial score (nSPS) is 18.7. The van der Waals surface area contributed by atoms with Crippen molar-refractivity contribution < 1.29 is 27.4 Å². The second-order valence-electron chi connectivity index (χ2n) is 13.3. The molecule has 0 aromatic heterocycles. The van der Waals surface area contributed by atoms with Crippen LogP contribution in [0.25, 0.3) is 38.4 Å². The van der Waals surface area contributed by atoms with Crippen molar-refractivity contribution in [3.8, 4) is 0 Å². The van der Waals surface area contributed by atoms with Gasteiger partial charge in [-0.3, -0.25) is 13.9 Å². The highest BCUT2D eigenvalue weighted by Gasteiger charge is 2.29. The number of hydrogen-bond donors (Lipinski definition) is 3. The van der Waals surface area contributed by atoms with E-state index >= 15 is 0 Å². The highest BCUT2D eigenvalue weighted by molar-refractivity contribution is 7.79. The van der Waals surface area contributed by atoms with Crippen molar-refractivity contribution >= 4 is 54.6 Å². The monoisotopic (exact) mass is 672 g/mol. The zero-order chi connectivity index (χ0) is 34.9. The van der Waals surface area contributed by atoms with Gasteiger partial charge in [-0.15, -0.1) is 0 Å². The first-order valence-corrected chi connectivity index (χ1v) is 17.9. The summed E-state index contributed by atoms with van der Waals surface area (Å²) in [4.78, 5) is 12.0. The first-order valence-electron chi connectivity index (χ1n) is 16.5. The van der Waals surface area contributed by atoms with Crippen LogP contribution in [0.5, 0.6) is 0 Å². The molecular weight excluding hydrogens is 633 g/mol. The Morgan fingerprint density at radius 2 is 1.12 bits per heavy atom. The Hall–Kier alpha value is -4.66. The standard InChI is InChI=1S/C14H14O.C14H12O.C14H12.H2O4S/c2*1-9-8-11-7-6-10-4-2-3-5-12(10)13(11)14(9)15;1-10-8-12-7-6-11-4-2-3-5-13(11)14(12)9-10;1-5(2,3)4/h2-7,9,14-15H,8H2,1H3;2-7,9H,8H2,1H3;2-7,9H,8H2,1H3;(H2,1,2,3,4). The summed E-state index contributed by atoms with van der Waals surface area (Å²) >= 11 is 0. The summed E-state index contributed by atoms with van der Waals surface area (Å²) in [6.07, 6.45) is 5.06. The number of benzene rings is 6. The van der Waals surface area contributed by atoms with E-state index in [2.05, 4.69) is 98.8 Å². The number of fused-ring (bicyclic) bond motifs is 9. The third-order valence-electron chi connectivity index (χ3n) is 9.59. The Bertz CT molecular complexity index is 2330. The van der Waals surface area contributed by atoms with Crippen LogP contribution < -0.4 is 0 Å². The maximum atomic E-state index is 12.0. The van der Waals surface area contributed by atoms with E-state index in [0.717, 1.165) is 35.8 Å². The Morgan fingerprint density at radius 1 is 0.633 bits per heavy atom. The third-order valence-corrected chi connectivity index (χ3v) is 9.59. The summed E-state index contributed by atoms with van der Waals surface area (Å²) in [5.74, 6) is 0.818. The van der Waals surface area contributed by atoms with Crippen LogP contribution in [-0.4, -0.2) is 28.4 Å². The minimum absolute atomic E-state index is 0.158. The van der Waals surface area contributed by atoms with Crippen molar-refractivity contribution in [3.63, 3.8) is 0 Å². The van der Waals surface area contributed by atoms with Crippen LogP contribution in [0.15, 0.2) is 115 Å². The second-order valence-corrected chi connectivity index (χ2v) is 14.1. The molecule has 6 aromatic rings. The third kappa shape index (κ3) is 7.51. The van der Waals surface area contributed by atoms with Gasteiger partial charge in [0.05, 0.1) is 6.10 Å². The zero-order valence-corrected chi connectivity index (χ0v) is 28.6. The molecule has 7 heteroatoms. The van der Waals surface area contributed by atoms with Crippen LogP contribution in [0.4, 0.5) is 0 Å². The van der Waals surface area contributed by atoms with Crippen LogP contribution in [0.1, 0.15) is 65.1 Å². The number of Topliss-reactive ketones (excluding diaryl/α,β-unsaturated/α-hetero) is 1. The molecule has 49 heavy (non-hydrogen) atoms. The summed E-state index contributed by atoms with van der Waals surface area (Å²) in [6, 6.07) is 38.0. The van der Waals surface area contributed by atoms with Crippen molar-refractivity contribution in [2.45, 2.75) is 46.1 Å². The van der Waals surface area contributed by atoms with E-state index in [1.165, 1.54) is 54.8 Å². The Morgan fingerprint density at radius 3 is 1.76 bits per heavy atom. The van der Waals surface area contributed by atoms with Gasteiger partial charge in [0.15, 0.2) is 5.78 Å². The van der Waals surface area contributed by atoms with E-state index in [-0.39, 0.29) is 12.0 Å². The van der Waals surface area contributed by atoms with Crippen molar-refractivity contribution in [2.24, 2.45) is 11.8 Å². The number of carbonyl (C=O) groups is 1. The molecule has 0 spiro atoms. The van der Waals surface area contributed by atoms with E-state index < -0.39 is 10.4 Å². The van der Waals surface area contributed by atoms with Gasteiger partial charge in [-0.2, -0.15) is 8.42 Å². The lowest BCUT2D eigenvalue weighted by Gasteiger charge is -2.11. The van der Waals surface area contributed by atoms with Gasteiger partial charge in [-0.05, 0) is 92.2 Å². The Labute approximate surface area is 287 Å². The van der Waals surface area contributed by atoms with Crippen LogP contribution in [0, 0.1) is 11.8 Å². The van der Waals surface area contributed by atoms with Crippen molar-refractivity contribution in [1.82, 2.24) is 0 Å². The fourth-order valence-electron chi connectivity index (χ4n) is 7.32. The molecule has 0 radical (unpaired) electrons. The number of hydrogen-bond acceptors (Lipinski definition) is 4. The average molecular weight is 673 g/mol. The highest BCUT2D eigenvalue weighted by Crippen LogP contribution is 2.40. The van der Waals surface area contributed by atoms with Crippen LogP contribution in [0.2, 0.25) is 0 Å². The molecule has 0 saturated carbocycles. The van der Waals surface area contributed by atoms with Gasteiger partial charge in [-0.1, -0.05) is 135 Å². The lowest BCUT2D eigenvalue weighted by atomic mass is 9.99. The van der Waals surface area contributed by atoms with Gasteiger partial charge < -0.3 is 5.11 Å². The molecule has 250 valence electrons. The molecule has 3 aliphatic rings. The second kappa shape index (κ2) is 14.1. The molecule has 6 nitrogen and oxygen atoms in total. The molecule has 9 rings (SSSR count). The maximum Gasteiger partial charge on any atom is 0.394 e. The number of aliphatic hydroxyl groups is 1. The number of allylic oxidation sites excluding steroid dienone is 1. The predicted octanol–water partition coefficient (Wildman–Crippen LogP) is 9.43. The topological polar surface area (TPSA) is 112 Å². The average Bonchev–Trinajstić information content (AvgIpc) is 3.71. The maximum absolute atomic E-state index is 12.0. The van der Waals surface area contributed by atoms with Gasteiger partial charge in [0.25, 0.3) is 0 Å². The first kappa shape index (κ1) is 34.2. The van der Waals surface area contributed by atoms with E-state index in [1.807, 2.05) is 37.3 Å². The summed E-state index contributed by atoms with van der Waals surface area (Å²) < 4.78 is 31.6. The summed E-state index contributed by atoms with van der Waals surface area (Å²) in [6.45, 7) is 6.32. The Kier molecular flexibility index (Phi) is 9.82. The molecule has 3 aliphatic carbocycles. The first-order chi connectivity index (χ1) is 23.4. The predicted molar refractivity (Wildman–Crippen MR) is 198 cm³/mol. The van der Waals surface area contributed by atoms with Gasteiger partial charge in [0.2, 0.25) is 0 Å². The summed E-state index contributed by atoms with van der Waals surface area (Å²) in [5, 5.41) is 17.6. The number of rotatable bonds is 0. The molecule has 3 N–H and O–H groups in total. The van der Waals surface area contributed by atoms with E-state index in [9.17, 15) is 9.90 Å². The molecule has 0 bridgehead atoms. The van der Waals surface area contributed by atoms with Crippen LogP contribution in [-0.2, 0) is 29.7 Å². The van der Waals surface area contributed by atoms with E-state index in [4.69, 9.17) is 17.5 Å². The largest absolute Gasteiger partial charge is 0.394 e. The van der Waals surface area contributed by atoms with Gasteiger partial charge >= 0.3 is 10.4 Å². The molecule has 3 unspecified atom stereocenters. The number of ketones is 1. The molecular formula is C42H40O6S. The SMILES string of the molecule is CC1=Cc2c(ccc3ccccc23)C1.CC1Cc2ccc3ccccc3c2C1=O.CC1Cc2ccc3ccccc3c2C1O.O=S(=O)(O)O. The van der Waals surface area contributed by atoms with Gasteiger partial charge in [0, 0.05) is 11.5 Å². The van der Waals surface area contributed by atoms with Crippen molar-refractivity contribution in [1.29, 1.82) is 0 Å². The fourth-order valence-corrected chi connectivity index (χ4v) is 7.32. The zero-order valence-electron chi connectivity index (χ0n) is 27.8. The van der Waals surface area contributed by atoms with E-state index in [0.29, 0.717) is 11.7 Å². The number of aliphatic hydroxyl groups excluding tert-OH is 1. The van der Waals surface area contributed by atoms with Crippen LogP contribution in [0.3, 0.4) is 0 Å². The highest BCUT2D eigenvalue weighted by atomic mass is 32.3. The van der Waals surface area contributed by atoms with Crippen LogP contribution >= 0.6 is 0 Å². The summed E-state index contributed by atoms with van der Waals surface area (Å²) in [7, 11) is -4.67. The minimum atomic E-state index is -4.67. The molecule has 0 aliphatic heterocycles. The molecule has 3 atom stereocenters. The fraction of sp³-hybridized carbons (Fsp3) is 0.214. The minimum Gasteiger partial charge on any atom is -0.388 e. The molecule has 6 aromatic carbocycles. The smallest absolute Gasteiger partial charge is 0.388 e. The van der Waals surface area contributed by atoms with Gasteiger partial charge in [0.1, 0.15) is 0 Å². The summed E-state index contributed by atoms with van der Waals surface area (Å²) in [5.41, 5.74) is 9.01. The van der Waals surface area contributed by atoms with Crippen molar-refractivity contribution in [3.05, 3.63) is 148 Å². The molecule has 0 amide bonds.